The molecule has 112 valence electrons. The standard InChI is InChI=1S/C14H15N3O2S.ClH/c18-20(19,17-14-11-7-16-8-12(11)14)13-3-1-2-9-6-15-5-4-10(9)13;/h1-6,11-12,14,16-17H,7-8H2;1H. The summed E-state index contributed by atoms with van der Waals surface area (Å²) in [6.07, 6.45) is 3.31. The van der Waals surface area contributed by atoms with E-state index in [1.807, 2.05) is 6.07 Å². The maximum absolute atomic E-state index is 12.6. The molecule has 2 heterocycles. The number of halogens is 1. The van der Waals surface area contributed by atoms with Gasteiger partial charge in [-0.05, 0) is 37.1 Å². The van der Waals surface area contributed by atoms with Crippen molar-refractivity contribution in [2.45, 2.75) is 10.9 Å². The van der Waals surface area contributed by atoms with E-state index in [0.29, 0.717) is 16.7 Å². The van der Waals surface area contributed by atoms with Gasteiger partial charge in [-0.15, -0.1) is 12.4 Å². The van der Waals surface area contributed by atoms with E-state index in [9.17, 15) is 8.42 Å². The summed E-state index contributed by atoms with van der Waals surface area (Å²) in [5, 5.41) is 4.83. The van der Waals surface area contributed by atoms with Crippen LogP contribution in [0.2, 0.25) is 0 Å². The summed E-state index contributed by atoms with van der Waals surface area (Å²) >= 11 is 0. The lowest BCUT2D eigenvalue weighted by Gasteiger charge is -2.11. The zero-order valence-corrected chi connectivity index (χ0v) is 12.8. The Kier molecular flexibility index (Phi) is 3.65. The number of aromatic nitrogens is 1. The number of nitrogens with one attached hydrogen (secondary N) is 2. The van der Waals surface area contributed by atoms with Crippen molar-refractivity contribution in [2.24, 2.45) is 11.8 Å². The van der Waals surface area contributed by atoms with Crippen molar-refractivity contribution in [3.05, 3.63) is 36.7 Å². The highest BCUT2D eigenvalue weighted by Gasteiger charge is 2.54. The quantitative estimate of drug-likeness (QED) is 0.888. The summed E-state index contributed by atoms with van der Waals surface area (Å²) < 4.78 is 28.0. The molecule has 0 bridgehead atoms. The van der Waals surface area contributed by atoms with Crippen molar-refractivity contribution in [3.8, 4) is 0 Å². The highest BCUT2D eigenvalue weighted by atomic mass is 35.5. The van der Waals surface area contributed by atoms with E-state index in [1.54, 1.807) is 30.6 Å². The highest BCUT2D eigenvalue weighted by Crippen LogP contribution is 2.42. The van der Waals surface area contributed by atoms with Crippen LogP contribution in [0.5, 0.6) is 0 Å². The van der Waals surface area contributed by atoms with Crippen LogP contribution in [0.4, 0.5) is 0 Å². The van der Waals surface area contributed by atoms with E-state index in [-0.39, 0.29) is 18.4 Å². The number of pyridine rings is 1. The van der Waals surface area contributed by atoms with Crippen molar-refractivity contribution in [1.82, 2.24) is 15.0 Å². The number of benzene rings is 1. The van der Waals surface area contributed by atoms with Crippen LogP contribution in [0.3, 0.4) is 0 Å². The first-order valence-corrected chi connectivity index (χ1v) is 8.21. The van der Waals surface area contributed by atoms with Gasteiger partial charge in [-0.25, -0.2) is 13.1 Å². The molecule has 0 amide bonds. The summed E-state index contributed by atoms with van der Waals surface area (Å²) in [6.45, 7) is 1.83. The molecule has 2 unspecified atom stereocenters. The van der Waals surface area contributed by atoms with Gasteiger partial charge in [-0.3, -0.25) is 4.98 Å². The van der Waals surface area contributed by atoms with E-state index >= 15 is 0 Å². The monoisotopic (exact) mass is 325 g/mol. The molecule has 5 nitrogen and oxygen atoms in total. The van der Waals surface area contributed by atoms with Crippen LogP contribution in [0, 0.1) is 11.8 Å². The maximum atomic E-state index is 12.6. The number of rotatable bonds is 3. The summed E-state index contributed by atoms with van der Waals surface area (Å²) in [4.78, 5) is 4.38. The van der Waals surface area contributed by atoms with Gasteiger partial charge in [0, 0.05) is 29.2 Å². The third-order valence-electron chi connectivity index (χ3n) is 4.31. The van der Waals surface area contributed by atoms with Gasteiger partial charge in [0.15, 0.2) is 0 Å². The van der Waals surface area contributed by atoms with Gasteiger partial charge in [-0.1, -0.05) is 12.1 Å². The average molecular weight is 326 g/mol. The van der Waals surface area contributed by atoms with Gasteiger partial charge >= 0.3 is 0 Å². The lowest BCUT2D eigenvalue weighted by molar-refractivity contribution is 0.566. The first-order valence-electron chi connectivity index (χ1n) is 6.72. The van der Waals surface area contributed by atoms with E-state index in [1.165, 1.54) is 0 Å². The van der Waals surface area contributed by atoms with Crippen molar-refractivity contribution in [2.75, 3.05) is 13.1 Å². The fraction of sp³-hybridized carbons (Fsp3) is 0.357. The maximum Gasteiger partial charge on any atom is 0.241 e. The minimum absolute atomic E-state index is 0. The second kappa shape index (κ2) is 5.21. The molecular weight excluding hydrogens is 310 g/mol. The van der Waals surface area contributed by atoms with Crippen LogP contribution in [0.15, 0.2) is 41.6 Å². The fourth-order valence-electron chi connectivity index (χ4n) is 3.16. The Morgan fingerprint density at radius 3 is 2.71 bits per heavy atom. The Hall–Kier alpha value is -1.21. The Labute approximate surface area is 129 Å². The number of hydrogen-bond donors (Lipinski definition) is 2. The third-order valence-corrected chi connectivity index (χ3v) is 5.83. The van der Waals surface area contributed by atoms with Crippen molar-refractivity contribution in [1.29, 1.82) is 0 Å². The predicted molar refractivity (Wildman–Crippen MR) is 83.0 cm³/mol. The summed E-state index contributed by atoms with van der Waals surface area (Å²) in [5.74, 6) is 0.919. The van der Waals surface area contributed by atoms with E-state index in [4.69, 9.17) is 0 Å². The molecule has 1 aromatic carbocycles. The fourth-order valence-corrected chi connectivity index (χ4v) is 4.73. The first kappa shape index (κ1) is 14.7. The summed E-state index contributed by atoms with van der Waals surface area (Å²) in [6, 6.07) is 7.13. The summed E-state index contributed by atoms with van der Waals surface area (Å²) in [5.41, 5.74) is 0. The van der Waals surface area contributed by atoms with Gasteiger partial charge in [0.1, 0.15) is 0 Å². The van der Waals surface area contributed by atoms with Crippen molar-refractivity contribution in [3.63, 3.8) is 0 Å². The minimum Gasteiger partial charge on any atom is -0.316 e. The van der Waals surface area contributed by atoms with E-state index in [0.717, 1.165) is 23.9 Å². The van der Waals surface area contributed by atoms with Crippen molar-refractivity contribution >= 4 is 33.2 Å². The molecule has 2 fully saturated rings. The van der Waals surface area contributed by atoms with Gasteiger partial charge in [0.05, 0.1) is 4.90 Å². The zero-order valence-electron chi connectivity index (χ0n) is 11.2. The largest absolute Gasteiger partial charge is 0.316 e. The second-order valence-corrected chi connectivity index (χ2v) is 7.17. The molecule has 1 aromatic heterocycles. The normalized spacial score (nSPS) is 27.1. The number of fused-ring (bicyclic) bond motifs is 2. The summed E-state index contributed by atoms with van der Waals surface area (Å²) in [7, 11) is -3.47. The third kappa shape index (κ3) is 2.42. The smallest absolute Gasteiger partial charge is 0.241 e. The van der Waals surface area contributed by atoms with Crippen LogP contribution in [-0.4, -0.2) is 32.5 Å². The zero-order chi connectivity index (χ0) is 13.7. The number of sulfonamides is 1. The molecule has 1 aliphatic heterocycles. The van der Waals surface area contributed by atoms with E-state index < -0.39 is 10.0 Å². The van der Waals surface area contributed by atoms with E-state index in [2.05, 4.69) is 15.0 Å². The molecule has 1 saturated carbocycles. The van der Waals surface area contributed by atoms with Crippen LogP contribution < -0.4 is 10.0 Å². The van der Waals surface area contributed by atoms with Crippen LogP contribution >= 0.6 is 12.4 Å². The molecule has 2 atom stereocenters. The van der Waals surface area contributed by atoms with Crippen molar-refractivity contribution < 1.29 is 8.42 Å². The molecule has 1 saturated heterocycles. The number of piperidine rings is 1. The van der Waals surface area contributed by atoms with Gasteiger partial charge < -0.3 is 5.32 Å². The lowest BCUT2D eigenvalue weighted by atomic mass is 10.2. The van der Waals surface area contributed by atoms with Crippen LogP contribution in [0.1, 0.15) is 0 Å². The van der Waals surface area contributed by atoms with Crippen LogP contribution in [0.25, 0.3) is 10.8 Å². The molecule has 4 rings (SSSR count). The Morgan fingerprint density at radius 1 is 1.19 bits per heavy atom. The van der Waals surface area contributed by atoms with Gasteiger partial charge in [0.2, 0.25) is 10.0 Å². The molecule has 2 aliphatic rings. The van der Waals surface area contributed by atoms with Gasteiger partial charge in [0.25, 0.3) is 0 Å². The highest BCUT2D eigenvalue weighted by molar-refractivity contribution is 7.89. The molecular formula is C14H16ClN3O2S. The molecule has 7 heteroatoms. The minimum atomic E-state index is -3.47. The number of nitrogens with zero attached hydrogens (tertiary/aromatic N) is 1. The molecule has 1 aliphatic carbocycles. The predicted octanol–water partition coefficient (Wildman–Crippen LogP) is 1.15. The number of hydrogen-bond acceptors (Lipinski definition) is 4. The first-order chi connectivity index (χ1) is 9.67. The van der Waals surface area contributed by atoms with Crippen LogP contribution in [-0.2, 0) is 10.0 Å². The lowest BCUT2D eigenvalue weighted by Crippen LogP contribution is -2.32. The van der Waals surface area contributed by atoms with Gasteiger partial charge in [-0.2, -0.15) is 0 Å². The molecule has 2 N–H and O–H groups in total. The molecule has 21 heavy (non-hydrogen) atoms. The topological polar surface area (TPSA) is 71.1 Å². The Morgan fingerprint density at radius 2 is 1.95 bits per heavy atom. The molecule has 2 aromatic rings. The Bertz CT molecular complexity index is 765. The Balaban J connectivity index is 0.00000132. The SMILES string of the molecule is Cl.O=S(=O)(NC1C2CNCC21)c1cccc2cnccc12. The molecule has 0 radical (unpaired) electrons. The second-order valence-electron chi connectivity index (χ2n) is 5.49. The molecule has 0 spiro atoms. The average Bonchev–Trinajstić information content (AvgIpc) is 2.89.